The molecule has 4 heteroatoms. The van der Waals surface area contributed by atoms with Crippen LogP contribution >= 0.6 is 0 Å². The molecule has 1 aliphatic carbocycles. The van der Waals surface area contributed by atoms with Gasteiger partial charge in [-0.2, -0.15) is 0 Å². The minimum Gasteiger partial charge on any atom is -0.461 e. The zero-order valence-electron chi connectivity index (χ0n) is 21.1. The van der Waals surface area contributed by atoms with Gasteiger partial charge in [0.25, 0.3) is 0 Å². The maximum atomic E-state index is 13.7. The van der Waals surface area contributed by atoms with Gasteiger partial charge >= 0.3 is 5.97 Å². The molecule has 1 heterocycles. The molecule has 182 valence electrons. The highest BCUT2D eigenvalue weighted by atomic mass is 16.5. The van der Waals surface area contributed by atoms with Crippen molar-refractivity contribution in [1.82, 2.24) is 4.90 Å². The van der Waals surface area contributed by atoms with E-state index in [2.05, 4.69) is 69.0 Å². The third-order valence-electron chi connectivity index (χ3n) is 8.29. The standard InChI is InChI=1S/C30H39NO3/c1-21-15-16-26(30(3,4)24-13-9-6-10-14-24)28(19-21)34-29(33)27-20-25(32)17-18-31(27)22(2)23-11-7-5-8-12-23/h5-14,21-22,26-28H,15-20H2,1-4H3/t21-,22+,26-,27+,28-/m1/s1. The van der Waals surface area contributed by atoms with E-state index in [1.54, 1.807) is 0 Å². The SMILES string of the molecule is C[C@@H]1CC[C@@H](C(C)(C)c2ccccc2)[C@H](OC(=O)[C@@H]2CC(=O)CCN2[C@@H](C)c2ccccc2)C1. The first kappa shape index (κ1) is 24.7. The molecule has 4 rings (SSSR count). The molecule has 0 bridgehead atoms. The van der Waals surface area contributed by atoms with Crippen LogP contribution in [0, 0.1) is 11.8 Å². The molecule has 0 amide bonds. The molecule has 0 spiro atoms. The molecule has 2 aliphatic rings. The highest BCUT2D eigenvalue weighted by Gasteiger charge is 2.44. The highest BCUT2D eigenvalue weighted by Crippen LogP contribution is 2.44. The normalized spacial score (nSPS) is 27.2. The molecule has 2 aromatic rings. The summed E-state index contributed by atoms with van der Waals surface area (Å²) in [5, 5.41) is 0. The van der Waals surface area contributed by atoms with Crippen molar-refractivity contribution in [2.24, 2.45) is 11.8 Å². The Kier molecular flexibility index (Phi) is 7.57. The van der Waals surface area contributed by atoms with E-state index in [1.165, 1.54) is 5.56 Å². The summed E-state index contributed by atoms with van der Waals surface area (Å²) >= 11 is 0. The summed E-state index contributed by atoms with van der Waals surface area (Å²) in [5.74, 6) is 0.683. The Labute approximate surface area is 204 Å². The summed E-state index contributed by atoms with van der Waals surface area (Å²) in [6.45, 7) is 9.51. The van der Waals surface area contributed by atoms with E-state index in [-0.39, 0.29) is 41.7 Å². The fourth-order valence-electron chi connectivity index (χ4n) is 6.04. The number of hydrogen-bond acceptors (Lipinski definition) is 4. The van der Waals surface area contributed by atoms with Crippen molar-refractivity contribution in [2.45, 2.75) is 83.4 Å². The maximum Gasteiger partial charge on any atom is 0.324 e. The van der Waals surface area contributed by atoms with Crippen LogP contribution in [-0.2, 0) is 19.7 Å². The Morgan fingerprint density at radius 2 is 1.68 bits per heavy atom. The van der Waals surface area contributed by atoms with Crippen LogP contribution in [0.3, 0.4) is 0 Å². The molecule has 0 aromatic heterocycles. The quantitative estimate of drug-likeness (QED) is 0.487. The van der Waals surface area contributed by atoms with Crippen molar-refractivity contribution >= 4 is 11.8 Å². The number of likely N-dealkylation sites (tertiary alicyclic amines) is 1. The van der Waals surface area contributed by atoms with Crippen molar-refractivity contribution < 1.29 is 14.3 Å². The molecule has 2 aromatic carbocycles. The van der Waals surface area contributed by atoms with Crippen LogP contribution in [-0.4, -0.2) is 35.3 Å². The van der Waals surface area contributed by atoms with Crippen LogP contribution in [0.25, 0.3) is 0 Å². The number of carbonyl (C=O) groups excluding carboxylic acids is 2. The van der Waals surface area contributed by atoms with Gasteiger partial charge in [-0.3, -0.25) is 14.5 Å². The lowest BCUT2D eigenvalue weighted by molar-refractivity contribution is -0.167. The molecule has 2 fully saturated rings. The zero-order chi connectivity index (χ0) is 24.3. The summed E-state index contributed by atoms with van der Waals surface area (Å²) in [7, 11) is 0. The summed E-state index contributed by atoms with van der Waals surface area (Å²) in [6.07, 6.45) is 3.65. The van der Waals surface area contributed by atoms with Gasteiger partial charge in [-0.25, -0.2) is 0 Å². The van der Waals surface area contributed by atoms with E-state index in [0.29, 0.717) is 18.9 Å². The summed E-state index contributed by atoms with van der Waals surface area (Å²) in [4.78, 5) is 28.2. The van der Waals surface area contributed by atoms with Gasteiger partial charge in [-0.15, -0.1) is 0 Å². The van der Waals surface area contributed by atoms with Gasteiger partial charge in [0.15, 0.2) is 0 Å². The maximum absolute atomic E-state index is 13.7. The van der Waals surface area contributed by atoms with E-state index in [9.17, 15) is 9.59 Å². The monoisotopic (exact) mass is 461 g/mol. The topological polar surface area (TPSA) is 46.6 Å². The lowest BCUT2D eigenvalue weighted by Gasteiger charge is -2.45. The number of carbonyl (C=O) groups is 2. The molecule has 1 saturated carbocycles. The third-order valence-corrected chi connectivity index (χ3v) is 8.29. The van der Waals surface area contributed by atoms with Gasteiger partial charge < -0.3 is 4.74 Å². The number of ether oxygens (including phenoxy) is 1. The Bertz CT molecular complexity index is 971. The fraction of sp³-hybridized carbons (Fsp3) is 0.533. The molecular weight excluding hydrogens is 422 g/mol. The minimum atomic E-state index is -0.519. The molecule has 1 aliphatic heterocycles. The van der Waals surface area contributed by atoms with Crippen LogP contribution in [0.1, 0.15) is 77.0 Å². The second-order valence-corrected chi connectivity index (χ2v) is 10.9. The zero-order valence-corrected chi connectivity index (χ0v) is 21.1. The number of rotatable bonds is 6. The Balaban J connectivity index is 1.55. The van der Waals surface area contributed by atoms with Crippen LogP contribution < -0.4 is 0 Å². The Morgan fingerprint density at radius 1 is 1.03 bits per heavy atom. The van der Waals surface area contributed by atoms with E-state index in [4.69, 9.17) is 4.74 Å². The third kappa shape index (κ3) is 5.27. The van der Waals surface area contributed by atoms with E-state index in [0.717, 1.165) is 24.8 Å². The number of esters is 1. The van der Waals surface area contributed by atoms with Crippen LogP contribution in [0.4, 0.5) is 0 Å². The number of piperidine rings is 1. The summed E-state index contributed by atoms with van der Waals surface area (Å²) in [5.41, 5.74) is 2.33. The largest absolute Gasteiger partial charge is 0.461 e. The van der Waals surface area contributed by atoms with Gasteiger partial charge in [0.2, 0.25) is 0 Å². The second-order valence-electron chi connectivity index (χ2n) is 10.9. The number of Topliss-reactive ketones (excluding diaryl/α,β-unsaturated/α-hetero) is 1. The van der Waals surface area contributed by atoms with Crippen molar-refractivity contribution in [2.75, 3.05) is 6.54 Å². The summed E-state index contributed by atoms with van der Waals surface area (Å²) < 4.78 is 6.35. The van der Waals surface area contributed by atoms with Gasteiger partial charge in [0, 0.05) is 31.3 Å². The first-order valence-corrected chi connectivity index (χ1v) is 12.9. The minimum absolute atomic E-state index is 0.0497. The molecular formula is C30H39NO3. The van der Waals surface area contributed by atoms with Gasteiger partial charge in [-0.05, 0) is 42.2 Å². The van der Waals surface area contributed by atoms with E-state index >= 15 is 0 Å². The smallest absolute Gasteiger partial charge is 0.324 e. The number of benzene rings is 2. The average molecular weight is 462 g/mol. The van der Waals surface area contributed by atoms with Crippen LogP contribution in [0.2, 0.25) is 0 Å². The predicted molar refractivity (Wildman–Crippen MR) is 135 cm³/mol. The number of hydrogen-bond donors (Lipinski definition) is 0. The second kappa shape index (κ2) is 10.4. The van der Waals surface area contributed by atoms with E-state index in [1.807, 2.05) is 24.3 Å². The van der Waals surface area contributed by atoms with Crippen LogP contribution in [0.15, 0.2) is 60.7 Å². The van der Waals surface area contributed by atoms with E-state index < -0.39 is 6.04 Å². The first-order valence-electron chi connectivity index (χ1n) is 12.9. The summed E-state index contributed by atoms with van der Waals surface area (Å²) in [6, 6.07) is 20.3. The first-order chi connectivity index (χ1) is 16.3. The molecule has 1 saturated heterocycles. The fourth-order valence-corrected chi connectivity index (χ4v) is 6.04. The van der Waals surface area contributed by atoms with Gasteiger partial charge in [0.1, 0.15) is 17.9 Å². The average Bonchev–Trinajstić information content (AvgIpc) is 2.84. The number of ketones is 1. The highest BCUT2D eigenvalue weighted by molar-refractivity contribution is 5.88. The molecule has 0 radical (unpaired) electrons. The Morgan fingerprint density at radius 3 is 2.35 bits per heavy atom. The lowest BCUT2D eigenvalue weighted by Crippen LogP contribution is -2.51. The van der Waals surface area contributed by atoms with Crippen molar-refractivity contribution in [1.29, 1.82) is 0 Å². The lowest BCUT2D eigenvalue weighted by atomic mass is 9.64. The molecule has 4 nitrogen and oxygen atoms in total. The van der Waals surface area contributed by atoms with Crippen molar-refractivity contribution in [3.05, 3.63) is 71.8 Å². The number of nitrogens with zero attached hydrogens (tertiary/aromatic N) is 1. The molecule has 0 N–H and O–H groups in total. The predicted octanol–water partition coefficient (Wildman–Crippen LogP) is 6.11. The Hall–Kier alpha value is -2.46. The van der Waals surface area contributed by atoms with Gasteiger partial charge in [0.05, 0.1) is 0 Å². The molecule has 5 atom stereocenters. The van der Waals surface area contributed by atoms with Crippen LogP contribution in [0.5, 0.6) is 0 Å². The molecule has 0 unspecified atom stereocenters. The van der Waals surface area contributed by atoms with Crippen molar-refractivity contribution in [3.8, 4) is 0 Å². The van der Waals surface area contributed by atoms with Crippen molar-refractivity contribution in [3.63, 3.8) is 0 Å². The van der Waals surface area contributed by atoms with Gasteiger partial charge in [-0.1, -0.05) is 87.9 Å². The molecule has 34 heavy (non-hydrogen) atoms.